The molecule has 0 radical (unpaired) electrons. The summed E-state index contributed by atoms with van der Waals surface area (Å²) in [4.78, 5) is 4.39. The van der Waals surface area contributed by atoms with Gasteiger partial charge in [-0.15, -0.1) is 0 Å². The quantitative estimate of drug-likeness (QED) is 0.912. The van der Waals surface area contributed by atoms with Crippen LogP contribution >= 0.6 is 0 Å². The van der Waals surface area contributed by atoms with E-state index in [9.17, 15) is 0 Å². The molecular weight excluding hydrogens is 236 g/mol. The highest BCUT2D eigenvalue weighted by atomic mass is 16.5. The summed E-state index contributed by atoms with van der Waals surface area (Å²) in [5.41, 5.74) is 9.07. The largest absolute Gasteiger partial charge is 0.438 e. The molecule has 0 bridgehead atoms. The zero-order chi connectivity index (χ0) is 13.8. The number of pyridine rings is 1. The molecule has 0 aliphatic rings. The lowest BCUT2D eigenvalue weighted by Gasteiger charge is -2.11. The maximum absolute atomic E-state index is 5.86. The Labute approximate surface area is 114 Å². The SMILES string of the molecule is Cc1ccccc1Oc1ncc(CC(C)N)cc1C. The topological polar surface area (TPSA) is 48.1 Å². The maximum atomic E-state index is 5.86. The summed E-state index contributed by atoms with van der Waals surface area (Å²) in [7, 11) is 0. The van der Waals surface area contributed by atoms with Gasteiger partial charge < -0.3 is 10.5 Å². The number of hydrogen-bond acceptors (Lipinski definition) is 3. The minimum Gasteiger partial charge on any atom is -0.438 e. The number of benzene rings is 1. The number of aromatic nitrogens is 1. The van der Waals surface area contributed by atoms with E-state index in [1.54, 1.807) is 0 Å². The summed E-state index contributed by atoms with van der Waals surface area (Å²) < 4.78 is 5.86. The van der Waals surface area contributed by atoms with Crippen LogP contribution in [0.15, 0.2) is 36.5 Å². The van der Waals surface area contributed by atoms with Crippen LogP contribution in [0.3, 0.4) is 0 Å². The minimum atomic E-state index is 0.143. The Kier molecular flexibility index (Phi) is 4.17. The van der Waals surface area contributed by atoms with Crippen molar-refractivity contribution in [2.75, 3.05) is 0 Å². The smallest absolute Gasteiger partial charge is 0.222 e. The molecule has 0 fully saturated rings. The van der Waals surface area contributed by atoms with E-state index in [-0.39, 0.29) is 6.04 Å². The van der Waals surface area contributed by atoms with Gasteiger partial charge in [0, 0.05) is 17.8 Å². The molecule has 3 heteroatoms. The molecule has 0 aliphatic heterocycles. The second-order valence-electron chi connectivity index (χ2n) is 5.01. The van der Waals surface area contributed by atoms with Crippen LogP contribution in [0.4, 0.5) is 0 Å². The van der Waals surface area contributed by atoms with E-state index in [2.05, 4.69) is 11.1 Å². The molecule has 1 aromatic carbocycles. The van der Waals surface area contributed by atoms with Gasteiger partial charge in [-0.05, 0) is 50.5 Å². The third-order valence-corrected chi connectivity index (χ3v) is 2.94. The summed E-state index contributed by atoms with van der Waals surface area (Å²) in [5, 5.41) is 0. The fraction of sp³-hybridized carbons (Fsp3) is 0.312. The Morgan fingerprint density at radius 1 is 1.21 bits per heavy atom. The first-order valence-corrected chi connectivity index (χ1v) is 6.51. The monoisotopic (exact) mass is 256 g/mol. The van der Waals surface area contributed by atoms with Crippen LogP contribution in [0.25, 0.3) is 0 Å². The number of nitrogens with zero attached hydrogens (tertiary/aromatic N) is 1. The normalized spacial score (nSPS) is 12.2. The van der Waals surface area contributed by atoms with E-state index < -0.39 is 0 Å². The second-order valence-corrected chi connectivity index (χ2v) is 5.01. The molecule has 1 atom stereocenters. The van der Waals surface area contributed by atoms with E-state index in [1.165, 1.54) is 0 Å². The lowest BCUT2D eigenvalue weighted by molar-refractivity contribution is 0.455. The summed E-state index contributed by atoms with van der Waals surface area (Å²) in [5.74, 6) is 1.50. The molecule has 100 valence electrons. The van der Waals surface area contributed by atoms with Gasteiger partial charge in [0.15, 0.2) is 0 Å². The third-order valence-electron chi connectivity index (χ3n) is 2.94. The predicted octanol–water partition coefficient (Wildman–Crippen LogP) is 3.38. The third kappa shape index (κ3) is 3.55. The van der Waals surface area contributed by atoms with Crippen molar-refractivity contribution in [1.29, 1.82) is 0 Å². The van der Waals surface area contributed by atoms with E-state index in [4.69, 9.17) is 10.5 Å². The first-order chi connectivity index (χ1) is 9.06. The van der Waals surface area contributed by atoms with Crippen molar-refractivity contribution in [2.45, 2.75) is 33.2 Å². The number of hydrogen-bond donors (Lipinski definition) is 1. The first-order valence-electron chi connectivity index (χ1n) is 6.51. The van der Waals surface area contributed by atoms with Crippen LogP contribution in [0.5, 0.6) is 11.6 Å². The van der Waals surface area contributed by atoms with Gasteiger partial charge in [-0.2, -0.15) is 0 Å². The highest BCUT2D eigenvalue weighted by Crippen LogP contribution is 2.26. The standard InChI is InChI=1S/C16H20N2O/c1-11-6-4-5-7-15(11)19-16-12(2)8-14(10-18-16)9-13(3)17/h4-8,10,13H,9,17H2,1-3H3. The van der Waals surface area contributed by atoms with Crippen LogP contribution < -0.4 is 10.5 Å². The fourth-order valence-corrected chi connectivity index (χ4v) is 1.99. The summed E-state index contributed by atoms with van der Waals surface area (Å²) in [6, 6.07) is 10.2. The van der Waals surface area contributed by atoms with Crippen molar-refractivity contribution >= 4 is 0 Å². The van der Waals surface area contributed by atoms with Crippen molar-refractivity contribution < 1.29 is 4.74 Å². The number of aryl methyl sites for hydroxylation is 2. The Morgan fingerprint density at radius 3 is 2.58 bits per heavy atom. The van der Waals surface area contributed by atoms with Gasteiger partial charge in [0.25, 0.3) is 0 Å². The Bertz CT molecular complexity index is 564. The molecule has 0 amide bonds. The summed E-state index contributed by atoms with van der Waals surface area (Å²) in [6.07, 6.45) is 2.67. The van der Waals surface area contributed by atoms with Crippen LogP contribution in [0.2, 0.25) is 0 Å². The van der Waals surface area contributed by atoms with Crippen molar-refractivity contribution in [3.63, 3.8) is 0 Å². The molecule has 3 nitrogen and oxygen atoms in total. The molecule has 2 aromatic rings. The van der Waals surface area contributed by atoms with E-state index >= 15 is 0 Å². The van der Waals surface area contributed by atoms with Crippen molar-refractivity contribution in [2.24, 2.45) is 5.73 Å². The lowest BCUT2D eigenvalue weighted by Crippen LogP contribution is -2.17. The van der Waals surface area contributed by atoms with Gasteiger partial charge >= 0.3 is 0 Å². The van der Waals surface area contributed by atoms with Crippen LogP contribution in [0.1, 0.15) is 23.6 Å². The number of para-hydroxylation sites is 1. The van der Waals surface area contributed by atoms with E-state index in [0.29, 0.717) is 5.88 Å². The number of ether oxygens (including phenoxy) is 1. The number of nitrogens with two attached hydrogens (primary N) is 1. The van der Waals surface area contributed by atoms with E-state index in [1.807, 2.05) is 51.2 Å². The van der Waals surface area contributed by atoms with Gasteiger partial charge in [0.1, 0.15) is 5.75 Å². The molecule has 2 rings (SSSR count). The number of rotatable bonds is 4. The Morgan fingerprint density at radius 2 is 1.95 bits per heavy atom. The summed E-state index contributed by atoms with van der Waals surface area (Å²) in [6.45, 7) is 6.02. The molecule has 1 aromatic heterocycles. The predicted molar refractivity (Wildman–Crippen MR) is 77.6 cm³/mol. The minimum absolute atomic E-state index is 0.143. The van der Waals surface area contributed by atoms with Crippen molar-refractivity contribution in [1.82, 2.24) is 4.98 Å². The Hall–Kier alpha value is -1.87. The second kappa shape index (κ2) is 5.85. The van der Waals surface area contributed by atoms with Crippen LogP contribution in [0, 0.1) is 13.8 Å². The average molecular weight is 256 g/mol. The van der Waals surface area contributed by atoms with Crippen LogP contribution in [-0.2, 0) is 6.42 Å². The zero-order valence-corrected chi connectivity index (χ0v) is 11.7. The average Bonchev–Trinajstić information content (AvgIpc) is 2.34. The van der Waals surface area contributed by atoms with Crippen molar-refractivity contribution in [3.8, 4) is 11.6 Å². The zero-order valence-electron chi connectivity index (χ0n) is 11.7. The van der Waals surface area contributed by atoms with Crippen molar-refractivity contribution in [3.05, 3.63) is 53.2 Å². The molecule has 0 saturated carbocycles. The fourth-order valence-electron chi connectivity index (χ4n) is 1.99. The van der Waals surface area contributed by atoms with Gasteiger partial charge in [0.2, 0.25) is 5.88 Å². The molecule has 0 aliphatic carbocycles. The summed E-state index contributed by atoms with van der Waals surface area (Å²) >= 11 is 0. The highest BCUT2D eigenvalue weighted by Gasteiger charge is 2.07. The molecular formula is C16H20N2O. The molecule has 1 heterocycles. The molecule has 19 heavy (non-hydrogen) atoms. The lowest BCUT2D eigenvalue weighted by atomic mass is 10.1. The van der Waals surface area contributed by atoms with Gasteiger partial charge in [-0.25, -0.2) is 4.98 Å². The van der Waals surface area contributed by atoms with Crippen LogP contribution in [-0.4, -0.2) is 11.0 Å². The Balaban J connectivity index is 2.20. The van der Waals surface area contributed by atoms with Gasteiger partial charge in [-0.1, -0.05) is 18.2 Å². The van der Waals surface area contributed by atoms with Gasteiger partial charge in [-0.3, -0.25) is 0 Å². The van der Waals surface area contributed by atoms with E-state index in [0.717, 1.165) is 28.9 Å². The molecule has 2 N–H and O–H groups in total. The maximum Gasteiger partial charge on any atom is 0.222 e. The molecule has 0 spiro atoms. The molecule has 0 saturated heterocycles. The molecule has 1 unspecified atom stereocenters. The first kappa shape index (κ1) is 13.6. The van der Waals surface area contributed by atoms with Gasteiger partial charge in [0.05, 0.1) is 0 Å². The highest BCUT2D eigenvalue weighted by molar-refractivity contribution is 5.38.